The molecule has 0 bridgehead atoms. The van der Waals surface area contributed by atoms with Crippen molar-refractivity contribution in [3.8, 4) is 0 Å². The van der Waals surface area contributed by atoms with E-state index in [9.17, 15) is 9.59 Å². The van der Waals surface area contributed by atoms with Crippen molar-refractivity contribution in [2.75, 3.05) is 18.5 Å². The lowest BCUT2D eigenvalue weighted by atomic mass is 10.0. The first-order valence-corrected chi connectivity index (χ1v) is 7.95. The lowest BCUT2D eigenvalue weighted by molar-refractivity contribution is -0.134. The second-order valence-electron chi connectivity index (χ2n) is 5.89. The van der Waals surface area contributed by atoms with Crippen LogP contribution in [-0.4, -0.2) is 31.1 Å². The zero-order chi connectivity index (χ0) is 15.6. The van der Waals surface area contributed by atoms with Crippen molar-refractivity contribution in [2.45, 2.75) is 31.8 Å². The number of rotatable bonds is 5. The third-order valence-corrected chi connectivity index (χ3v) is 4.49. The molecule has 0 radical (unpaired) electrons. The Hall–Kier alpha value is -1.59. The van der Waals surface area contributed by atoms with Gasteiger partial charge >= 0.3 is 0 Å². The fourth-order valence-electron chi connectivity index (χ4n) is 2.65. The molecular weight excluding hydrogens is 304 g/mol. The monoisotopic (exact) mass is 322 g/mol. The molecule has 1 aliphatic heterocycles. The molecule has 22 heavy (non-hydrogen) atoms. The second-order valence-corrected chi connectivity index (χ2v) is 6.32. The molecule has 2 amide bonds. The number of ether oxygens (including phenoxy) is 1. The van der Waals surface area contributed by atoms with Crippen LogP contribution in [0, 0.1) is 5.41 Å². The summed E-state index contributed by atoms with van der Waals surface area (Å²) in [6, 6.07) is 6.85. The van der Waals surface area contributed by atoms with Gasteiger partial charge in [0.25, 0.3) is 0 Å². The van der Waals surface area contributed by atoms with E-state index in [1.807, 2.05) is 0 Å². The SMILES string of the molecule is O=C(NCC1CCCO1)C1(C(=O)Nc2ccc(Cl)cc2)CC1. The van der Waals surface area contributed by atoms with Gasteiger partial charge in [0.2, 0.25) is 11.8 Å². The molecule has 0 spiro atoms. The summed E-state index contributed by atoms with van der Waals surface area (Å²) < 4.78 is 5.48. The highest BCUT2D eigenvalue weighted by molar-refractivity contribution is 6.30. The molecule has 5 nitrogen and oxygen atoms in total. The highest BCUT2D eigenvalue weighted by Crippen LogP contribution is 2.46. The van der Waals surface area contributed by atoms with Crippen LogP contribution in [0.3, 0.4) is 0 Å². The van der Waals surface area contributed by atoms with Crippen molar-refractivity contribution < 1.29 is 14.3 Å². The summed E-state index contributed by atoms with van der Waals surface area (Å²) in [7, 11) is 0. The molecule has 1 aliphatic carbocycles. The molecule has 1 aromatic carbocycles. The molecule has 2 N–H and O–H groups in total. The van der Waals surface area contributed by atoms with Crippen molar-refractivity contribution in [2.24, 2.45) is 5.41 Å². The van der Waals surface area contributed by atoms with Crippen molar-refractivity contribution in [1.29, 1.82) is 0 Å². The fraction of sp³-hybridized carbons (Fsp3) is 0.500. The van der Waals surface area contributed by atoms with Gasteiger partial charge in [0.15, 0.2) is 0 Å². The van der Waals surface area contributed by atoms with Crippen molar-refractivity contribution in [1.82, 2.24) is 5.32 Å². The summed E-state index contributed by atoms with van der Waals surface area (Å²) in [4.78, 5) is 24.7. The van der Waals surface area contributed by atoms with Crippen LogP contribution in [0.15, 0.2) is 24.3 Å². The molecule has 1 saturated carbocycles. The molecule has 6 heteroatoms. The van der Waals surface area contributed by atoms with Gasteiger partial charge in [0.05, 0.1) is 6.10 Å². The number of halogens is 1. The summed E-state index contributed by atoms with van der Waals surface area (Å²) >= 11 is 5.82. The summed E-state index contributed by atoms with van der Waals surface area (Å²) in [5.74, 6) is -0.450. The third kappa shape index (κ3) is 3.25. The number of carbonyl (C=O) groups excluding carboxylic acids is 2. The predicted molar refractivity (Wildman–Crippen MR) is 83.7 cm³/mol. The van der Waals surface area contributed by atoms with Crippen molar-refractivity contribution in [3.63, 3.8) is 0 Å². The van der Waals surface area contributed by atoms with Crippen molar-refractivity contribution >= 4 is 29.1 Å². The first-order chi connectivity index (χ1) is 10.6. The summed E-state index contributed by atoms with van der Waals surface area (Å²) in [6.07, 6.45) is 3.25. The van der Waals surface area contributed by atoms with Crippen LogP contribution < -0.4 is 10.6 Å². The number of hydrogen-bond acceptors (Lipinski definition) is 3. The van der Waals surface area contributed by atoms with Gasteiger partial charge in [-0.2, -0.15) is 0 Å². The van der Waals surface area contributed by atoms with Gasteiger partial charge < -0.3 is 15.4 Å². The normalized spacial score (nSPS) is 22.1. The van der Waals surface area contributed by atoms with Crippen LogP contribution in [-0.2, 0) is 14.3 Å². The number of nitrogens with one attached hydrogen (secondary N) is 2. The molecule has 2 aliphatic rings. The highest BCUT2D eigenvalue weighted by atomic mass is 35.5. The van der Waals surface area contributed by atoms with E-state index in [1.54, 1.807) is 24.3 Å². The minimum absolute atomic E-state index is 0.0825. The smallest absolute Gasteiger partial charge is 0.240 e. The molecule has 1 unspecified atom stereocenters. The number of anilines is 1. The summed E-state index contributed by atoms with van der Waals surface area (Å²) in [5, 5.41) is 6.25. The van der Waals surface area contributed by atoms with Gasteiger partial charge in [-0.15, -0.1) is 0 Å². The first-order valence-electron chi connectivity index (χ1n) is 7.57. The van der Waals surface area contributed by atoms with E-state index in [4.69, 9.17) is 16.3 Å². The molecule has 1 heterocycles. The summed E-state index contributed by atoms with van der Waals surface area (Å²) in [6.45, 7) is 1.23. The van der Waals surface area contributed by atoms with Crippen LogP contribution in [0.4, 0.5) is 5.69 Å². The summed E-state index contributed by atoms with van der Waals surface area (Å²) in [5.41, 5.74) is -0.272. The van der Waals surface area contributed by atoms with Gasteiger partial charge in [-0.25, -0.2) is 0 Å². The Morgan fingerprint density at radius 1 is 1.23 bits per heavy atom. The van der Waals surface area contributed by atoms with Crippen LogP contribution in [0.25, 0.3) is 0 Å². The van der Waals surface area contributed by atoms with Crippen LogP contribution >= 0.6 is 11.6 Å². The van der Waals surface area contributed by atoms with E-state index in [2.05, 4.69) is 10.6 Å². The van der Waals surface area contributed by atoms with Crippen LogP contribution in [0.1, 0.15) is 25.7 Å². The zero-order valence-electron chi connectivity index (χ0n) is 12.2. The van der Waals surface area contributed by atoms with Gasteiger partial charge in [-0.05, 0) is 49.9 Å². The zero-order valence-corrected chi connectivity index (χ0v) is 13.0. The quantitative estimate of drug-likeness (QED) is 0.818. The molecule has 1 saturated heterocycles. The topological polar surface area (TPSA) is 67.4 Å². The predicted octanol–water partition coefficient (Wildman–Crippen LogP) is 2.35. The number of benzene rings is 1. The van der Waals surface area contributed by atoms with E-state index in [0.717, 1.165) is 19.4 Å². The van der Waals surface area contributed by atoms with E-state index >= 15 is 0 Å². The Morgan fingerprint density at radius 3 is 2.55 bits per heavy atom. The first kappa shape index (κ1) is 15.3. The number of amides is 2. The lowest BCUT2D eigenvalue weighted by Crippen LogP contribution is -2.42. The van der Waals surface area contributed by atoms with E-state index in [-0.39, 0.29) is 17.9 Å². The molecule has 3 rings (SSSR count). The molecule has 118 valence electrons. The minimum Gasteiger partial charge on any atom is -0.376 e. The fourth-order valence-corrected chi connectivity index (χ4v) is 2.77. The molecule has 1 aromatic rings. The number of hydrogen-bond donors (Lipinski definition) is 2. The molecular formula is C16H19ClN2O3. The maximum absolute atomic E-state index is 12.4. The maximum Gasteiger partial charge on any atom is 0.240 e. The maximum atomic E-state index is 12.4. The Labute approximate surface area is 134 Å². The van der Waals surface area contributed by atoms with Gasteiger partial charge in [-0.3, -0.25) is 9.59 Å². The van der Waals surface area contributed by atoms with E-state index in [1.165, 1.54) is 0 Å². The van der Waals surface area contributed by atoms with E-state index in [0.29, 0.717) is 30.1 Å². The van der Waals surface area contributed by atoms with E-state index < -0.39 is 5.41 Å². The van der Waals surface area contributed by atoms with Gasteiger partial charge in [0, 0.05) is 23.9 Å². The largest absolute Gasteiger partial charge is 0.376 e. The van der Waals surface area contributed by atoms with Crippen molar-refractivity contribution in [3.05, 3.63) is 29.3 Å². The Bertz CT molecular complexity index is 563. The Balaban J connectivity index is 1.56. The standard InChI is InChI=1S/C16H19ClN2O3/c17-11-3-5-12(6-4-11)19-15(21)16(7-8-16)14(20)18-10-13-2-1-9-22-13/h3-6,13H,1-2,7-10H2,(H,18,20)(H,19,21). The minimum atomic E-state index is -0.918. The number of carbonyl (C=O) groups is 2. The van der Waals surface area contributed by atoms with Crippen LogP contribution in [0.2, 0.25) is 5.02 Å². The molecule has 1 atom stereocenters. The average Bonchev–Trinajstić information content (AvgIpc) is 3.17. The molecule has 0 aromatic heterocycles. The Kier molecular flexibility index (Phi) is 4.36. The lowest BCUT2D eigenvalue weighted by Gasteiger charge is -2.17. The molecule has 2 fully saturated rings. The highest BCUT2D eigenvalue weighted by Gasteiger charge is 2.56. The van der Waals surface area contributed by atoms with Gasteiger partial charge in [0.1, 0.15) is 5.41 Å². The Morgan fingerprint density at radius 2 is 1.95 bits per heavy atom. The van der Waals surface area contributed by atoms with Crippen LogP contribution in [0.5, 0.6) is 0 Å². The second kappa shape index (κ2) is 6.26. The third-order valence-electron chi connectivity index (χ3n) is 4.24. The average molecular weight is 323 g/mol. The van der Waals surface area contributed by atoms with Gasteiger partial charge in [-0.1, -0.05) is 11.6 Å².